The second kappa shape index (κ2) is 6.65. The Morgan fingerprint density at radius 1 is 1.35 bits per heavy atom. The van der Waals surface area contributed by atoms with E-state index in [1.807, 2.05) is 30.3 Å². The molecule has 0 bridgehead atoms. The van der Waals surface area contributed by atoms with Gasteiger partial charge in [0, 0.05) is 6.42 Å². The van der Waals surface area contributed by atoms with Crippen molar-refractivity contribution in [2.45, 2.75) is 12.5 Å². The number of carbonyl (C=O) groups is 2. The Morgan fingerprint density at radius 2 is 2.00 bits per heavy atom. The first kappa shape index (κ1) is 13.2. The second-order valence-corrected chi connectivity index (χ2v) is 3.54. The zero-order chi connectivity index (χ0) is 12.7. The fraction of sp³-hybridized carbons (Fsp3) is 0.333. The van der Waals surface area contributed by atoms with Crippen LogP contribution in [0.5, 0.6) is 0 Å². The van der Waals surface area contributed by atoms with E-state index >= 15 is 0 Å². The molecule has 0 aliphatic rings. The van der Waals surface area contributed by atoms with Crippen LogP contribution in [0, 0.1) is 0 Å². The van der Waals surface area contributed by atoms with Crippen LogP contribution in [0.1, 0.15) is 5.56 Å². The van der Waals surface area contributed by atoms with E-state index in [1.165, 1.54) is 7.11 Å². The van der Waals surface area contributed by atoms with Gasteiger partial charge in [-0.2, -0.15) is 0 Å². The minimum absolute atomic E-state index is 0.151. The molecule has 0 saturated heterocycles. The molecule has 5 nitrogen and oxygen atoms in total. The zero-order valence-electron chi connectivity index (χ0n) is 9.68. The summed E-state index contributed by atoms with van der Waals surface area (Å²) in [5, 5.41) is 2.53. The molecule has 1 amide bonds. The Kier molecular flexibility index (Phi) is 5.16. The van der Waals surface area contributed by atoms with Gasteiger partial charge in [0.15, 0.2) is 0 Å². The normalized spacial score (nSPS) is 11.6. The van der Waals surface area contributed by atoms with Crippen LogP contribution in [-0.4, -0.2) is 31.6 Å². The Hall–Kier alpha value is -1.88. The van der Waals surface area contributed by atoms with Crippen molar-refractivity contribution in [3.8, 4) is 0 Å². The van der Waals surface area contributed by atoms with E-state index in [-0.39, 0.29) is 12.5 Å². The smallest absolute Gasteiger partial charge is 0.328 e. The van der Waals surface area contributed by atoms with Crippen LogP contribution in [0.2, 0.25) is 0 Å². The lowest BCUT2D eigenvalue weighted by molar-refractivity contribution is -0.144. The first-order chi connectivity index (χ1) is 8.17. The molecule has 0 aromatic heterocycles. The summed E-state index contributed by atoms with van der Waals surface area (Å²) < 4.78 is 4.64. The SMILES string of the molecule is COC(=O)C(Cc1ccccc1)NC(=O)CN. The zero-order valence-corrected chi connectivity index (χ0v) is 9.68. The quantitative estimate of drug-likeness (QED) is 0.696. The van der Waals surface area contributed by atoms with Crippen LogP contribution in [-0.2, 0) is 20.7 Å². The second-order valence-electron chi connectivity index (χ2n) is 3.54. The third kappa shape index (κ3) is 4.24. The summed E-state index contributed by atoms with van der Waals surface area (Å²) in [6, 6.07) is 8.69. The number of ether oxygens (including phenoxy) is 1. The molecule has 1 aromatic carbocycles. The van der Waals surface area contributed by atoms with Gasteiger partial charge in [-0.1, -0.05) is 30.3 Å². The van der Waals surface area contributed by atoms with Gasteiger partial charge in [-0.15, -0.1) is 0 Å². The molecular weight excluding hydrogens is 220 g/mol. The lowest BCUT2D eigenvalue weighted by atomic mass is 10.1. The molecule has 1 rings (SSSR count). The Morgan fingerprint density at radius 3 is 2.53 bits per heavy atom. The van der Waals surface area contributed by atoms with Gasteiger partial charge < -0.3 is 15.8 Å². The minimum Gasteiger partial charge on any atom is -0.467 e. The maximum atomic E-state index is 11.5. The Labute approximate surface area is 99.9 Å². The number of nitrogens with one attached hydrogen (secondary N) is 1. The van der Waals surface area contributed by atoms with Gasteiger partial charge >= 0.3 is 5.97 Å². The average Bonchev–Trinajstić information content (AvgIpc) is 2.38. The molecule has 1 aromatic rings. The van der Waals surface area contributed by atoms with Crippen LogP contribution < -0.4 is 11.1 Å². The number of hydrogen-bond acceptors (Lipinski definition) is 4. The minimum atomic E-state index is -0.696. The molecule has 0 aliphatic heterocycles. The third-order valence-electron chi connectivity index (χ3n) is 2.29. The predicted octanol–water partition coefficient (Wildman–Crippen LogP) is -0.154. The standard InChI is InChI=1S/C12H16N2O3/c1-17-12(16)10(14-11(15)8-13)7-9-5-3-2-4-6-9/h2-6,10H,7-8,13H2,1H3,(H,14,15). The van der Waals surface area contributed by atoms with Crippen molar-refractivity contribution in [1.82, 2.24) is 5.32 Å². The average molecular weight is 236 g/mol. The van der Waals surface area contributed by atoms with Gasteiger partial charge in [-0.3, -0.25) is 4.79 Å². The number of hydrogen-bond donors (Lipinski definition) is 2. The van der Waals surface area contributed by atoms with Gasteiger partial charge in [0.25, 0.3) is 0 Å². The summed E-state index contributed by atoms with van der Waals surface area (Å²) in [5.74, 6) is -0.855. The van der Waals surface area contributed by atoms with Gasteiger partial charge in [-0.25, -0.2) is 4.79 Å². The van der Waals surface area contributed by atoms with Crippen molar-refractivity contribution < 1.29 is 14.3 Å². The van der Waals surface area contributed by atoms with Crippen LogP contribution in [0.15, 0.2) is 30.3 Å². The number of rotatable bonds is 5. The number of esters is 1. The monoisotopic (exact) mass is 236 g/mol. The lowest BCUT2D eigenvalue weighted by Crippen LogP contribution is -2.45. The van der Waals surface area contributed by atoms with E-state index in [0.717, 1.165) is 5.56 Å². The van der Waals surface area contributed by atoms with E-state index in [4.69, 9.17) is 5.73 Å². The van der Waals surface area contributed by atoms with Gasteiger partial charge in [0.2, 0.25) is 5.91 Å². The van der Waals surface area contributed by atoms with Crippen LogP contribution in [0.25, 0.3) is 0 Å². The molecule has 0 aliphatic carbocycles. The molecule has 92 valence electrons. The first-order valence-electron chi connectivity index (χ1n) is 5.28. The first-order valence-corrected chi connectivity index (χ1v) is 5.28. The molecular formula is C12H16N2O3. The third-order valence-corrected chi connectivity index (χ3v) is 2.29. The Bertz CT molecular complexity index is 379. The van der Waals surface area contributed by atoms with Crippen LogP contribution >= 0.6 is 0 Å². The highest BCUT2D eigenvalue weighted by atomic mass is 16.5. The maximum absolute atomic E-state index is 11.5. The lowest BCUT2D eigenvalue weighted by Gasteiger charge is -2.15. The van der Waals surface area contributed by atoms with Gasteiger partial charge in [-0.05, 0) is 5.56 Å². The van der Waals surface area contributed by atoms with E-state index in [0.29, 0.717) is 6.42 Å². The predicted molar refractivity (Wildman–Crippen MR) is 63.1 cm³/mol. The summed E-state index contributed by atoms with van der Waals surface area (Å²) in [6.07, 6.45) is 0.388. The van der Waals surface area contributed by atoms with E-state index in [1.54, 1.807) is 0 Å². The summed E-state index contributed by atoms with van der Waals surface area (Å²) in [7, 11) is 1.29. The maximum Gasteiger partial charge on any atom is 0.328 e. The fourth-order valence-electron chi connectivity index (χ4n) is 1.44. The molecule has 17 heavy (non-hydrogen) atoms. The summed E-state index contributed by atoms with van der Waals surface area (Å²) in [4.78, 5) is 22.7. The highest BCUT2D eigenvalue weighted by Gasteiger charge is 2.21. The molecule has 0 heterocycles. The molecule has 0 fully saturated rings. The summed E-state index contributed by atoms with van der Waals surface area (Å²) in [5.41, 5.74) is 6.14. The number of nitrogens with two attached hydrogens (primary N) is 1. The van der Waals surface area contributed by atoms with Crippen molar-refractivity contribution in [3.63, 3.8) is 0 Å². The summed E-state index contributed by atoms with van der Waals surface area (Å²) in [6.45, 7) is -0.151. The summed E-state index contributed by atoms with van der Waals surface area (Å²) >= 11 is 0. The number of methoxy groups -OCH3 is 1. The number of amides is 1. The van der Waals surface area contributed by atoms with Crippen molar-refractivity contribution in [2.24, 2.45) is 5.73 Å². The molecule has 1 atom stereocenters. The number of benzene rings is 1. The highest BCUT2D eigenvalue weighted by Crippen LogP contribution is 2.04. The van der Waals surface area contributed by atoms with E-state index in [2.05, 4.69) is 10.1 Å². The molecule has 0 saturated carbocycles. The molecule has 3 N–H and O–H groups in total. The van der Waals surface area contributed by atoms with Gasteiger partial charge in [0.05, 0.1) is 13.7 Å². The molecule has 1 unspecified atom stereocenters. The highest BCUT2D eigenvalue weighted by molar-refractivity contribution is 5.85. The van der Waals surface area contributed by atoms with Crippen LogP contribution in [0.4, 0.5) is 0 Å². The van der Waals surface area contributed by atoms with Crippen LogP contribution in [0.3, 0.4) is 0 Å². The molecule has 0 radical (unpaired) electrons. The molecule has 0 spiro atoms. The fourth-order valence-corrected chi connectivity index (χ4v) is 1.44. The van der Waals surface area contributed by atoms with Crippen molar-refractivity contribution in [2.75, 3.05) is 13.7 Å². The van der Waals surface area contributed by atoms with Gasteiger partial charge in [0.1, 0.15) is 6.04 Å². The largest absolute Gasteiger partial charge is 0.467 e. The topological polar surface area (TPSA) is 81.4 Å². The van der Waals surface area contributed by atoms with Crippen molar-refractivity contribution >= 4 is 11.9 Å². The number of carbonyl (C=O) groups excluding carboxylic acids is 2. The van der Waals surface area contributed by atoms with Crippen molar-refractivity contribution in [1.29, 1.82) is 0 Å². The Balaban J connectivity index is 2.70. The molecule has 5 heteroatoms. The van der Waals surface area contributed by atoms with Crippen molar-refractivity contribution in [3.05, 3.63) is 35.9 Å². The van der Waals surface area contributed by atoms with E-state index < -0.39 is 12.0 Å². The van der Waals surface area contributed by atoms with E-state index in [9.17, 15) is 9.59 Å².